The molecular weight excluding hydrogens is 540 g/mol. The Morgan fingerprint density at radius 2 is 1.60 bits per heavy atom. The number of fused-ring (bicyclic) bond motifs is 1. The molecule has 0 atom stereocenters. The number of carbonyl (C=O) groups excluding carboxylic acids is 1. The minimum absolute atomic E-state index is 0.00781. The van der Waals surface area contributed by atoms with Crippen molar-refractivity contribution in [1.29, 1.82) is 5.41 Å². The number of carbonyl (C=O) groups is 1. The van der Waals surface area contributed by atoms with E-state index < -0.39 is 0 Å². The Bertz CT molecular complexity index is 1530. The topological polar surface area (TPSA) is 94.0 Å². The lowest BCUT2D eigenvalue weighted by molar-refractivity contribution is -0.120. The van der Waals surface area contributed by atoms with Gasteiger partial charge < -0.3 is 15.5 Å². The monoisotopic (exact) mass is 578 g/mol. The van der Waals surface area contributed by atoms with Crippen LogP contribution in [0.1, 0.15) is 43.2 Å². The Hall–Kier alpha value is -4.17. The second kappa shape index (κ2) is 14.1. The fraction of sp³-hybridized carbons (Fsp3) is 0.294. The molecule has 216 valence electrons. The fourth-order valence-corrected chi connectivity index (χ4v) is 6.18. The Morgan fingerprint density at radius 3 is 2.31 bits per heavy atom. The summed E-state index contributed by atoms with van der Waals surface area (Å²) in [6.07, 6.45) is 6.35. The van der Waals surface area contributed by atoms with E-state index >= 15 is 0 Å². The van der Waals surface area contributed by atoms with Gasteiger partial charge in [-0.05, 0) is 55.4 Å². The van der Waals surface area contributed by atoms with Gasteiger partial charge in [-0.2, -0.15) is 4.98 Å². The van der Waals surface area contributed by atoms with Crippen molar-refractivity contribution in [1.82, 2.24) is 15.3 Å². The summed E-state index contributed by atoms with van der Waals surface area (Å²) in [5, 5.41) is 16.8. The van der Waals surface area contributed by atoms with Crippen LogP contribution in [0.3, 0.4) is 0 Å². The van der Waals surface area contributed by atoms with E-state index in [0.29, 0.717) is 29.5 Å². The molecule has 1 aromatic heterocycles. The van der Waals surface area contributed by atoms with Gasteiger partial charge in [-0.15, -0.1) is 0 Å². The van der Waals surface area contributed by atoms with Crippen molar-refractivity contribution in [3.8, 4) is 0 Å². The molecule has 3 N–H and O–H groups in total. The summed E-state index contributed by atoms with van der Waals surface area (Å²) in [5.41, 5.74) is 2.81. The SMILES string of the molecule is CN(C)c1nc(NC2CCC(CNC(=O)C/C(=C\c3ccccc3)SC(=N)c3ccccc3)CC2)nc2ccccc12. The van der Waals surface area contributed by atoms with Crippen LogP contribution in [-0.2, 0) is 4.79 Å². The number of nitrogens with one attached hydrogen (secondary N) is 3. The standard InChI is InChI=1S/C34H38N6OS/c1-40(2)33-29-15-9-10-16-30(29)38-34(39-33)37-27-19-17-25(18-20-27)23-36-31(41)22-28(21-24-11-5-3-6-12-24)42-32(35)26-13-7-4-8-14-26/h3-16,21,25,27,35H,17-20,22-23H2,1-2H3,(H,36,41)(H,37,38,39)/b28-21+,35-32?. The first-order valence-corrected chi connectivity index (χ1v) is 15.3. The summed E-state index contributed by atoms with van der Waals surface area (Å²) in [4.78, 5) is 25.5. The molecule has 0 saturated heterocycles. The molecule has 0 unspecified atom stereocenters. The molecule has 1 aliphatic rings. The third kappa shape index (κ3) is 7.97. The van der Waals surface area contributed by atoms with Gasteiger partial charge in [0.1, 0.15) is 5.82 Å². The molecule has 1 fully saturated rings. The maximum Gasteiger partial charge on any atom is 0.225 e. The minimum atomic E-state index is -0.00781. The van der Waals surface area contributed by atoms with E-state index in [4.69, 9.17) is 15.4 Å². The van der Waals surface area contributed by atoms with Crippen molar-refractivity contribution in [2.75, 3.05) is 30.9 Å². The second-order valence-electron chi connectivity index (χ2n) is 10.9. The molecule has 0 radical (unpaired) electrons. The van der Waals surface area contributed by atoms with Gasteiger partial charge in [0.15, 0.2) is 0 Å². The van der Waals surface area contributed by atoms with Crippen LogP contribution in [0, 0.1) is 11.3 Å². The maximum absolute atomic E-state index is 13.0. The van der Waals surface area contributed by atoms with Crippen molar-refractivity contribution >= 4 is 51.5 Å². The van der Waals surface area contributed by atoms with E-state index in [1.165, 1.54) is 11.8 Å². The van der Waals surface area contributed by atoms with Crippen molar-refractivity contribution in [3.63, 3.8) is 0 Å². The Kier molecular flexibility index (Phi) is 9.87. The Balaban J connectivity index is 1.14. The molecule has 1 amide bonds. The van der Waals surface area contributed by atoms with Crippen LogP contribution in [0.2, 0.25) is 0 Å². The first-order chi connectivity index (χ1) is 20.4. The van der Waals surface area contributed by atoms with E-state index in [-0.39, 0.29) is 12.3 Å². The molecule has 1 saturated carbocycles. The number of aromatic nitrogens is 2. The van der Waals surface area contributed by atoms with E-state index in [1.807, 2.05) is 104 Å². The van der Waals surface area contributed by atoms with Gasteiger partial charge >= 0.3 is 0 Å². The van der Waals surface area contributed by atoms with Gasteiger partial charge in [-0.1, -0.05) is 84.6 Å². The minimum Gasteiger partial charge on any atom is -0.362 e. The highest BCUT2D eigenvalue weighted by molar-refractivity contribution is 8.17. The summed E-state index contributed by atoms with van der Waals surface area (Å²) in [6.45, 7) is 0.669. The van der Waals surface area contributed by atoms with Crippen molar-refractivity contribution < 1.29 is 4.79 Å². The molecule has 8 heteroatoms. The molecule has 42 heavy (non-hydrogen) atoms. The van der Waals surface area contributed by atoms with Crippen LogP contribution >= 0.6 is 11.8 Å². The predicted molar refractivity (Wildman–Crippen MR) is 176 cm³/mol. The van der Waals surface area contributed by atoms with Crippen molar-refractivity contribution in [3.05, 3.63) is 101 Å². The zero-order valence-electron chi connectivity index (χ0n) is 24.2. The molecule has 0 bridgehead atoms. The van der Waals surface area contributed by atoms with E-state index in [9.17, 15) is 4.79 Å². The molecular formula is C34H38N6OS. The van der Waals surface area contributed by atoms with Gasteiger partial charge in [0.05, 0.1) is 17.0 Å². The number of nitrogens with zero attached hydrogens (tertiary/aromatic N) is 3. The maximum atomic E-state index is 13.0. The molecule has 0 spiro atoms. The molecule has 4 aromatic rings. The van der Waals surface area contributed by atoms with E-state index in [0.717, 1.165) is 58.4 Å². The number of thioether (sulfide) groups is 1. The third-order valence-corrected chi connectivity index (χ3v) is 8.47. The quantitative estimate of drug-likeness (QED) is 0.139. The number of benzene rings is 3. The van der Waals surface area contributed by atoms with Crippen molar-refractivity contribution in [2.24, 2.45) is 5.92 Å². The van der Waals surface area contributed by atoms with Crippen LogP contribution in [0.5, 0.6) is 0 Å². The number of para-hydroxylation sites is 1. The molecule has 1 heterocycles. The first kappa shape index (κ1) is 29.3. The Labute approximate surface area is 252 Å². The number of amides is 1. The molecule has 3 aromatic carbocycles. The number of hydrogen-bond donors (Lipinski definition) is 3. The zero-order valence-corrected chi connectivity index (χ0v) is 25.0. The third-order valence-electron chi connectivity index (χ3n) is 7.51. The van der Waals surface area contributed by atoms with Gasteiger partial charge in [0.2, 0.25) is 11.9 Å². The van der Waals surface area contributed by atoms with Crippen LogP contribution in [0.4, 0.5) is 11.8 Å². The summed E-state index contributed by atoms with van der Waals surface area (Å²) in [5.74, 6) is 2.02. The molecule has 5 rings (SSSR count). The number of hydrogen-bond acceptors (Lipinski definition) is 7. The second-order valence-corrected chi connectivity index (χ2v) is 12.1. The summed E-state index contributed by atoms with van der Waals surface area (Å²) in [6, 6.07) is 28.0. The van der Waals surface area contributed by atoms with Crippen LogP contribution in [0.25, 0.3) is 17.0 Å². The summed E-state index contributed by atoms with van der Waals surface area (Å²) < 4.78 is 0. The van der Waals surface area contributed by atoms with Crippen molar-refractivity contribution in [2.45, 2.75) is 38.1 Å². The molecule has 0 aliphatic heterocycles. The molecule has 1 aliphatic carbocycles. The average Bonchev–Trinajstić information content (AvgIpc) is 3.01. The van der Waals surface area contributed by atoms with Crippen LogP contribution in [-0.4, -0.2) is 47.6 Å². The highest BCUT2D eigenvalue weighted by Gasteiger charge is 2.23. The lowest BCUT2D eigenvalue weighted by Gasteiger charge is -2.29. The first-order valence-electron chi connectivity index (χ1n) is 14.5. The van der Waals surface area contributed by atoms with Crippen LogP contribution in [0.15, 0.2) is 89.8 Å². The fourth-order valence-electron chi connectivity index (χ4n) is 5.27. The summed E-state index contributed by atoms with van der Waals surface area (Å²) in [7, 11) is 4.01. The van der Waals surface area contributed by atoms with Gasteiger partial charge in [0, 0.05) is 42.5 Å². The van der Waals surface area contributed by atoms with Gasteiger partial charge in [0.25, 0.3) is 0 Å². The summed E-state index contributed by atoms with van der Waals surface area (Å²) >= 11 is 1.35. The number of rotatable bonds is 10. The predicted octanol–water partition coefficient (Wildman–Crippen LogP) is 6.97. The van der Waals surface area contributed by atoms with E-state index in [2.05, 4.69) is 16.7 Å². The normalized spacial score (nSPS) is 17.0. The molecule has 7 nitrogen and oxygen atoms in total. The highest BCUT2D eigenvalue weighted by Crippen LogP contribution is 2.29. The Morgan fingerprint density at radius 1 is 0.929 bits per heavy atom. The smallest absolute Gasteiger partial charge is 0.225 e. The van der Waals surface area contributed by atoms with Gasteiger partial charge in [-0.3, -0.25) is 10.2 Å². The van der Waals surface area contributed by atoms with Crippen LogP contribution < -0.4 is 15.5 Å². The average molecular weight is 579 g/mol. The van der Waals surface area contributed by atoms with Gasteiger partial charge in [-0.25, -0.2) is 4.98 Å². The zero-order chi connectivity index (χ0) is 29.3. The van der Waals surface area contributed by atoms with E-state index in [1.54, 1.807) is 0 Å². The largest absolute Gasteiger partial charge is 0.362 e. The lowest BCUT2D eigenvalue weighted by Crippen LogP contribution is -2.34. The lowest BCUT2D eigenvalue weighted by atomic mass is 9.86. The number of anilines is 2. The highest BCUT2D eigenvalue weighted by atomic mass is 32.2.